The molecule has 0 unspecified atom stereocenters. The van der Waals surface area contributed by atoms with Gasteiger partial charge < -0.3 is 4.42 Å². The molecule has 21 heavy (non-hydrogen) atoms. The number of thioether (sulfide) groups is 1. The maximum absolute atomic E-state index is 5.54. The number of H-pyrrole nitrogens is 1. The molecule has 0 spiro atoms. The first-order valence-corrected chi connectivity index (χ1v) is 7.65. The van der Waals surface area contributed by atoms with Crippen LogP contribution in [0, 0.1) is 20.8 Å². The molecule has 0 aliphatic heterocycles. The lowest BCUT2D eigenvalue weighted by molar-refractivity contribution is 0.489. The Morgan fingerprint density at radius 3 is 2.52 bits per heavy atom. The van der Waals surface area contributed by atoms with E-state index in [1.165, 1.54) is 17.3 Å². The summed E-state index contributed by atoms with van der Waals surface area (Å²) in [5.74, 6) is 2.97. The van der Waals surface area contributed by atoms with E-state index in [2.05, 4.69) is 39.2 Å². The summed E-state index contributed by atoms with van der Waals surface area (Å²) in [7, 11) is 0. The van der Waals surface area contributed by atoms with E-state index in [9.17, 15) is 0 Å². The van der Waals surface area contributed by atoms with Crippen LogP contribution < -0.4 is 0 Å². The van der Waals surface area contributed by atoms with Crippen LogP contribution in [0.5, 0.6) is 0 Å². The molecule has 0 atom stereocenters. The number of hydrogen-bond donors (Lipinski definition) is 1. The number of rotatable bonds is 4. The number of nitrogens with zero attached hydrogens (tertiary/aromatic N) is 3. The smallest absolute Gasteiger partial charge is 0.209 e. The van der Waals surface area contributed by atoms with Gasteiger partial charge in [0.05, 0.1) is 11.4 Å². The fourth-order valence-corrected chi connectivity index (χ4v) is 2.52. The van der Waals surface area contributed by atoms with Crippen LogP contribution in [0.25, 0.3) is 11.4 Å². The SMILES string of the molecule is Cc1ccc(-c2nc(SCc3nc(C)c(C)o3)n[nH]2)cc1. The zero-order chi connectivity index (χ0) is 14.8. The molecular weight excluding hydrogens is 284 g/mol. The van der Waals surface area contributed by atoms with Crippen LogP contribution in [0.15, 0.2) is 33.8 Å². The summed E-state index contributed by atoms with van der Waals surface area (Å²) < 4.78 is 5.54. The Balaban J connectivity index is 1.69. The molecule has 3 aromatic rings. The van der Waals surface area contributed by atoms with Gasteiger partial charge in [-0.05, 0) is 20.8 Å². The predicted molar refractivity (Wildman–Crippen MR) is 82.1 cm³/mol. The monoisotopic (exact) mass is 300 g/mol. The van der Waals surface area contributed by atoms with Crippen LogP contribution >= 0.6 is 11.8 Å². The minimum absolute atomic E-state index is 0.625. The number of nitrogens with one attached hydrogen (secondary N) is 1. The molecule has 3 rings (SSSR count). The van der Waals surface area contributed by atoms with E-state index in [1.807, 2.05) is 26.0 Å². The maximum Gasteiger partial charge on any atom is 0.209 e. The third kappa shape index (κ3) is 3.16. The molecule has 108 valence electrons. The van der Waals surface area contributed by atoms with Gasteiger partial charge in [-0.3, -0.25) is 5.10 Å². The minimum atomic E-state index is 0.625. The van der Waals surface area contributed by atoms with Crippen molar-refractivity contribution in [1.82, 2.24) is 20.2 Å². The highest BCUT2D eigenvalue weighted by Gasteiger charge is 2.10. The Labute approximate surface area is 127 Å². The van der Waals surface area contributed by atoms with Crippen molar-refractivity contribution >= 4 is 11.8 Å². The lowest BCUT2D eigenvalue weighted by atomic mass is 10.1. The number of aromatic amines is 1. The third-order valence-electron chi connectivity index (χ3n) is 3.19. The second kappa shape index (κ2) is 5.73. The highest BCUT2D eigenvalue weighted by molar-refractivity contribution is 7.98. The van der Waals surface area contributed by atoms with Crippen molar-refractivity contribution in [1.29, 1.82) is 0 Å². The molecule has 0 saturated carbocycles. The molecule has 0 radical (unpaired) electrons. The zero-order valence-electron chi connectivity index (χ0n) is 12.2. The van der Waals surface area contributed by atoms with E-state index < -0.39 is 0 Å². The van der Waals surface area contributed by atoms with Gasteiger partial charge in [0.15, 0.2) is 5.82 Å². The molecule has 0 bridgehead atoms. The first-order chi connectivity index (χ1) is 10.1. The summed E-state index contributed by atoms with van der Waals surface area (Å²) in [4.78, 5) is 8.83. The second-order valence-corrected chi connectivity index (χ2v) is 5.81. The Hall–Kier alpha value is -2.08. The van der Waals surface area contributed by atoms with Gasteiger partial charge in [0.25, 0.3) is 0 Å². The third-order valence-corrected chi connectivity index (χ3v) is 4.02. The van der Waals surface area contributed by atoms with E-state index >= 15 is 0 Å². The highest BCUT2D eigenvalue weighted by atomic mass is 32.2. The predicted octanol–water partition coefficient (Wildman–Crippen LogP) is 3.68. The van der Waals surface area contributed by atoms with Gasteiger partial charge in [0, 0.05) is 5.56 Å². The van der Waals surface area contributed by atoms with Crippen molar-refractivity contribution < 1.29 is 4.42 Å². The van der Waals surface area contributed by atoms with Crippen LogP contribution in [0.1, 0.15) is 22.9 Å². The average Bonchev–Trinajstić information content (AvgIpc) is 3.05. The number of aryl methyl sites for hydroxylation is 3. The Morgan fingerprint density at radius 2 is 1.86 bits per heavy atom. The fourth-order valence-electron chi connectivity index (χ4n) is 1.88. The number of aromatic nitrogens is 4. The summed E-state index contributed by atoms with van der Waals surface area (Å²) in [6, 6.07) is 8.18. The van der Waals surface area contributed by atoms with E-state index in [0.717, 1.165) is 22.8 Å². The molecule has 5 nitrogen and oxygen atoms in total. The largest absolute Gasteiger partial charge is 0.445 e. The average molecular weight is 300 g/mol. The molecule has 1 N–H and O–H groups in total. The first kappa shape index (κ1) is 13.9. The van der Waals surface area contributed by atoms with Crippen LogP contribution in [0.4, 0.5) is 0 Å². The first-order valence-electron chi connectivity index (χ1n) is 6.67. The van der Waals surface area contributed by atoms with Gasteiger partial charge in [0.2, 0.25) is 11.0 Å². The standard InChI is InChI=1S/C15H16N4OS/c1-9-4-6-12(7-5-9)14-17-15(19-18-14)21-8-13-16-10(2)11(3)20-13/h4-7H,8H2,1-3H3,(H,17,18,19). The van der Waals surface area contributed by atoms with Gasteiger partial charge in [-0.1, -0.05) is 41.6 Å². The van der Waals surface area contributed by atoms with Gasteiger partial charge in [0.1, 0.15) is 5.76 Å². The molecule has 0 fully saturated rings. The highest BCUT2D eigenvalue weighted by Crippen LogP contribution is 2.23. The lowest BCUT2D eigenvalue weighted by Crippen LogP contribution is -1.83. The Morgan fingerprint density at radius 1 is 1.10 bits per heavy atom. The Bertz CT molecular complexity index is 726. The molecule has 6 heteroatoms. The molecule has 2 aromatic heterocycles. The zero-order valence-corrected chi connectivity index (χ0v) is 13.0. The molecule has 0 amide bonds. The van der Waals surface area contributed by atoms with Crippen molar-refractivity contribution in [3.8, 4) is 11.4 Å². The molecule has 0 aliphatic carbocycles. The summed E-state index contributed by atoms with van der Waals surface area (Å²) in [5, 5.41) is 7.87. The van der Waals surface area contributed by atoms with E-state index in [-0.39, 0.29) is 0 Å². The summed E-state index contributed by atoms with van der Waals surface area (Å²) in [5.41, 5.74) is 3.19. The Kier molecular flexibility index (Phi) is 3.79. The van der Waals surface area contributed by atoms with Crippen molar-refractivity contribution in [2.75, 3.05) is 0 Å². The van der Waals surface area contributed by atoms with Crippen molar-refractivity contribution in [2.45, 2.75) is 31.7 Å². The summed E-state index contributed by atoms with van der Waals surface area (Å²) in [6.07, 6.45) is 0. The number of hydrogen-bond acceptors (Lipinski definition) is 5. The quantitative estimate of drug-likeness (QED) is 0.744. The molecule has 1 aromatic carbocycles. The van der Waals surface area contributed by atoms with Crippen molar-refractivity contribution in [3.05, 3.63) is 47.2 Å². The van der Waals surface area contributed by atoms with Gasteiger partial charge in [-0.25, -0.2) is 9.97 Å². The van der Waals surface area contributed by atoms with Crippen LogP contribution in [-0.4, -0.2) is 20.2 Å². The second-order valence-electron chi connectivity index (χ2n) is 4.87. The summed E-state index contributed by atoms with van der Waals surface area (Å²) in [6.45, 7) is 5.92. The summed E-state index contributed by atoms with van der Waals surface area (Å²) >= 11 is 1.50. The number of benzene rings is 1. The fraction of sp³-hybridized carbons (Fsp3) is 0.267. The molecule has 0 saturated heterocycles. The molecular formula is C15H16N4OS. The van der Waals surface area contributed by atoms with Crippen LogP contribution in [0.3, 0.4) is 0 Å². The lowest BCUT2D eigenvalue weighted by Gasteiger charge is -1.96. The van der Waals surface area contributed by atoms with Crippen LogP contribution in [-0.2, 0) is 5.75 Å². The van der Waals surface area contributed by atoms with Gasteiger partial charge >= 0.3 is 0 Å². The van der Waals surface area contributed by atoms with Gasteiger partial charge in [-0.2, -0.15) is 0 Å². The van der Waals surface area contributed by atoms with E-state index in [0.29, 0.717) is 16.8 Å². The van der Waals surface area contributed by atoms with E-state index in [1.54, 1.807) is 0 Å². The molecule has 0 aliphatic rings. The van der Waals surface area contributed by atoms with Crippen molar-refractivity contribution in [2.24, 2.45) is 0 Å². The maximum atomic E-state index is 5.54. The van der Waals surface area contributed by atoms with Gasteiger partial charge in [-0.15, -0.1) is 5.10 Å². The minimum Gasteiger partial charge on any atom is -0.445 e. The topological polar surface area (TPSA) is 67.6 Å². The molecule has 2 heterocycles. The number of oxazole rings is 1. The normalized spacial score (nSPS) is 11.0. The van der Waals surface area contributed by atoms with Crippen LogP contribution in [0.2, 0.25) is 0 Å². The van der Waals surface area contributed by atoms with E-state index in [4.69, 9.17) is 4.42 Å². The van der Waals surface area contributed by atoms with Crippen molar-refractivity contribution in [3.63, 3.8) is 0 Å².